The van der Waals surface area contributed by atoms with Crippen LogP contribution < -0.4 is 10.1 Å². The minimum atomic E-state index is -4.31. The summed E-state index contributed by atoms with van der Waals surface area (Å²) in [6, 6.07) is 3.75. The lowest BCUT2D eigenvalue weighted by atomic mass is 10.3. The van der Waals surface area contributed by atoms with Gasteiger partial charge in [0.2, 0.25) is 0 Å². The van der Waals surface area contributed by atoms with Crippen molar-refractivity contribution in [1.29, 1.82) is 0 Å². The molecule has 1 N–H and O–H groups in total. The maximum Gasteiger partial charge on any atom is 0.422 e. The van der Waals surface area contributed by atoms with Gasteiger partial charge in [-0.25, -0.2) is 0 Å². The zero-order valence-electron chi connectivity index (χ0n) is 9.13. The number of halogens is 3. The number of rotatable bonds is 5. The molecule has 0 aromatic carbocycles. The molecular formula is C11H13F3N2O. The van der Waals surface area contributed by atoms with Crippen LogP contribution in [-0.4, -0.2) is 23.8 Å². The highest BCUT2D eigenvalue weighted by atomic mass is 19.4. The smallest absolute Gasteiger partial charge is 0.422 e. The maximum atomic E-state index is 11.9. The van der Waals surface area contributed by atoms with Gasteiger partial charge in [0.1, 0.15) is 5.75 Å². The molecule has 0 spiro atoms. The van der Waals surface area contributed by atoms with Gasteiger partial charge in [-0.15, -0.1) is 0 Å². The molecule has 1 fully saturated rings. The molecule has 1 aromatic rings. The van der Waals surface area contributed by atoms with Gasteiger partial charge < -0.3 is 10.1 Å². The molecule has 1 aliphatic rings. The predicted octanol–water partition coefficient (Wildman–Crippen LogP) is 2.27. The van der Waals surface area contributed by atoms with E-state index in [1.54, 1.807) is 6.07 Å². The number of nitrogens with one attached hydrogen (secondary N) is 1. The number of nitrogens with zero attached hydrogens (tertiary/aromatic N) is 1. The van der Waals surface area contributed by atoms with Crippen molar-refractivity contribution in [2.45, 2.75) is 31.6 Å². The Morgan fingerprint density at radius 2 is 2.12 bits per heavy atom. The van der Waals surface area contributed by atoms with Crippen LogP contribution in [0.25, 0.3) is 0 Å². The Morgan fingerprint density at radius 3 is 2.65 bits per heavy atom. The fourth-order valence-electron chi connectivity index (χ4n) is 1.30. The third-order valence-electron chi connectivity index (χ3n) is 2.35. The van der Waals surface area contributed by atoms with E-state index in [1.807, 2.05) is 0 Å². The van der Waals surface area contributed by atoms with Crippen molar-refractivity contribution in [1.82, 2.24) is 10.3 Å². The molecule has 0 radical (unpaired) electrons. The van der Waals surface area contributed by atoms with Crippen LogP contribution in [0.15, 0.2) is 18.3 Å². The Balaban J connectivity index is 1.79. The molecular weight excluding hydrogens is 233 g/mol. The van der Waals surface area contributed by atoms with Gasteiger partial charge in [0.05, 0.1) is 11.9 Å². The number of aromatic nitrogens is 1. The molecule has 0 bridgehead atoms. The van der Waals surface area contributed by atoms with E-state index in [4.69, 9.17) is 0 Å². The summed E-state index contributed by atoms with van der Waals surface area (Å²) < 4.78 is 40.2. The van der Waals surface area contributed by atoms with Gasteiger partial charge in [-0.05, 0) is 25.0 Å². The van der Waals surface area contributed by atoms with Crippen LogP contribution in [0, 0.1) is 0 Å². The molecule has 17 heavy (non-hydrogen) atoms. The quantitative estimate of drug-likeness (QED) is 0.865. The van der Waals surface area contributed by atoms with Gasteiger partial charge >= 0.3 is 6.18 Å². The minimum Gasteiger partial charge on any atom is -0.483 e. The van der Waals surface area contributed by atoms with Crippen LogP contribution in [0.2, 0.25) is 0 Å². The Morgan fingerprint density at radius 1 is 1.35 bits per heavy atom. The zero-order valence-corrected chi connectivity index (χ0v) is 9.13. The molecule has 94 valence electrons. The highest BCUT2D eigenvalue weighted by Gasteiger charge is 2.28. The monoisotopic (exact) mass is 246 g/mol. The number of pyridine rings is 1. The fraction of sp³-hybridized carbons (Fsp3) is 0.545. The maximum absolute atomic E-state index is 11.9. The second-order valence-corrected chi connectivity index (χ2v) is 4.04. The van der Waals surface area contributed by atoms with E-state index in [1.165, 1.54) is 25.1 Å². The average molecular weight is 246 g/mol. The van der Waals surface area contributed by atoms with Crippen molar-refractivity contribution in [3.05, 3.63) is 24.0 Å². The van der Waals surface area contributed by atoms with E-state index in [2.05, 4.69) is 15.0 Å². The average Bonchev–Trinajstić information content (AvgIpc) is 3.08. The topological polar surface area (TPSA) is 34.1 Å². The second kappa shape index (κ2) is 4.91. The Labute approximate surface area is 97.0 Å². The van der Waals surface area contributed by atoms with Crippen molar-refractivity contribution in [3.63, 3.8) is 0 Å². The predicted molar refractivity (Wildman–Crippen MR) is 55.6 cm³/mol. The van der Waals surface area contributed by atoms with Gasteiger partial charge in [0, 0.05) is 12.6 Å². The second-order valence-electron chi connectivity index (χ2n) is 4.04. The highest BCUT2D eigenvalue weighted by molar-refractivity contribution is 5.20. The van der Waals surface area contributed by atoms with Gasteiger partial charge in [0.25, 0.3) is 0 Å². The SMILES string of the molecule is FC(F)(F)COc1ccc(CNC2CC2)nc1. The summed E-state index contributed by atoms with van der Waals surface area (Å²) in [6.07, 6.45) is -0.624. The Bertz CT molecular complexity index is 360. The zero-order chi connectivity index (χ0) is 12.3. The van der Waals surface area contributed by atoms with Gasteiger partial charge in [-0.2, -0.15) is 13.2 Å². The van der Waals surface area contributed by atoms with Crippen molar-refractivity contribution < 1.29 is 17.9 Å². The lowest BCUT2D eigenvalue weighted by Crippen LogP contribution is -2.19. The first-order valence-corrected chi connectivity index (χ1v) is 5.41. The van der Waals surface area contributed by atoms with Crippen LogP contribution in [0.5, 0.6) is 5.75 Å². The molecule has 0 saturated heterocycles. The molecule has 1 aromatic heterocycles. The molecule has 0 amide bonds. The van der Waals surface area contributed by atoms with E-state index < -0.39 is 12.8 Å². The van der Waals surface area contributed by atoms with E-state index in [-0.39, 0.29) is 5.75 Å². The molecule has 2 rings (SSSR count). The van der Waals surface area contributed by atoms with Gasteiger partial charge in [-0.1, -0.05) is 0 Å². The van der Waals surface area contributed by atoms with Crippen LogP contribution in [0.4, 0.5) is 13.2 Å². The summed E-state index contributed by atoms with van der Waals surface area (Å²) in [5.41, 5.74) is 0.802. The van der Waals surface area contributed by atoms with E-state index in [0.29, 0.717) is 12.6 Å². The molecule has 0 aliphatic heterocycles. The first-order valence-electron chi connectivity index (χ1n) is 5.41. The summed E-state index contributed by atoms with van der Waals surface area (Å²) in [7, 11) is 0. The van der Waals surface area contributed by atoms with Crippen molar-refractivity contribution in [2.75, 3.05) is 6.61 Å². The number of alkyl halides is 3. The summed E-state index contributed by atoms with van der Waals surface area (Å²) >= 11 is 0. The van der Waals surface area contributed by atoms with Crippen LogP contribution in [0.3, 0.4) is 0 Å². The minimum absolute atomic E-state index is 0.137. The Hall–Kier alpha value is -1.30. The first kappa shape index (κ1) is 12.2. The molecule has 1 aliphatic carbocycles. The van der Waals surface area contributed by atoms with E-state index in [0.717, 1.165) is 5.69 Å². The molecule has 1 saturated carbocycles. The van der Waals surface area contributed by atoms with Gasteiger partial charge in [-0.3, -0.25) is 4.98 Å². The highest BCUT2D eigenvalue weighted by Crippen LogP contribution is 2.20. The summed E-state index contributed by atoms with van der Waals surface area (Å²) in [6.45, 7) is -0.640. The molecule has 1 heterocycles. The lowest BCUT2D eigenvalue weighted by molar-refractivity contribution is -0.153. The molecule has 6 heteroatoms. The van der Waals surface area contributed by atoms with Crippen LogP contribution in [-0.2, 0) is 6.54 Å². The Kier molecular flexibility index (Phi) is 3.51. The number of hydrogen-bond acceptors (Lipinski definition) is 3. The largest absolute Gasteiger partial charge is 0.483 e. The summed E-state index contributed by atoms with van der Waals surface area (Å²) in [5.74, 6) is 0.137. The summed E-state index contributed by atoms with van der Waals surface area (Å²) in [4.78, 5) is 4.02. The van der Waals surface area contributed by atoms with Crippen LogP contribution >= 0.6 is 0 Å². The standard InChI is InChI=1S/C11H13F3N2O/c12-11(13,14)7-17-10-4-3-9(16-6-10)5-15-8-1-2-8/h3-4,6,8,15H,1-2,5,7H2. The third kappa shape index (κ3) is 4.60. The normalized spacial score (nSPS) is 15.9. The third-order valence-corrected chi connectivity index (χ3v) is 2.35. The van der Waals surface area contributed by atoms with E-state index in [9.17, 15) is 13.2 Å². The first-order chi connectivity index (χ1) is 8.03. The number of ether oxygens (including phenoxy) is 1. The van der Waals surface area contributed by atoms with Crippen molar-refractivity contribution >= 4 is 0 Å². The molecule has 0 unspecified atom stereocenters. The van der Waals surface area contributed by atoms with Crippen molar-refractivity contribution in [2.24, 2.45) is 0 Å². The molecule has 0 atom stereocenters. The summed E-state index contributed by atoms with van der Waals surface area (Å²) in [5, 5.41) is 3.27. The van der Waals surface area contributed by atoms with Gasteiger partial charge in [0.15, 0.2) is 6.61 Å². The number of hydrogen-bond donors (Lipinski definition) is 1. The van der Waals surface area contributed by atoms with Crippen molar-refractivity contribution in [3.8, 4) is 5.75 Å². The molecule has 3 nitrogen and oxygen atoms in total. The fourth-order valence-corrected chi connectivity index (χ4v) is 1.30. The van der Waals surface area contributed by atoms with E-state index >= 15 is 0 Å². The van der Waals surface area contributed by atoms with Crippen LogP contribution in [0.1, 0.15) is 18.5 Å². The lowest BCUT2D eigenvalue weighted by Gasteiger charge is -2.09.